The molecule has 6 heteroatoms. The molecule has 1 fully saturated rings. The first-order valence-electron chi connectivity index (χ1n) is 7.26. The van der Waals surface area contributed by atoms with Crippen LogP contribution in [0.3, 0.4) is 0 Å². The Hall–Kier alpha value is -1.56. The number of aliphatic hydroxyl groups excluding tert-OH is 1. The zero-order valence-corrected chi connectivity index (χ0v) is 12.2. The summed E-state index contributed by atoms with van der Waals surface area (Å²) in [6, 6.07) is 0. The lowest BCUT2D eigenvalue weighted by Crippen LogP contribution is -2.52. The van der Waals surface area contributed by atoms with Crippen LogP contribution in [0.2, 0.25) is 0 Å². The van der Waals surface area contributed by atoms with Crippen molar-refractivity contribution in [3.05, 3.63) is 11.4 Å². The van der Waals surface area contributed by atoms with Crippen molar-refractivity contribution >= 4 is 11.6 Å². The molecular formula is C14H24N4O2. The van der Waals surface area contributed by atoms with Crippen LogP contribution in [-0.4, -0.2) is 33.4 Å². The van der Waals surface area contributed by atoms with Crippen LogP contribution in [-0.2, 0) is 0 Å². The monoisotopic (exact) mass is 280 g/mol. The first-order chi connectivity index (χ1) is 9.49. The van der Waals surface area contributed by atoms with E-state index in [1.54, 1.807) is 0 Å². The van der Waals surface area contributed by atoms with Crippen molar-refractivity contribution in [3.8, 4) is 0 Å². The van der Waals surface area contributed by atoms with Crippen molar-refractivity contribution in [1.82, 2.24) is 15.5 Å². The number of hydrogen-bond acceptors (Lipinski definition) is 4. The first kappa shape index (κ1) is 14.8. The molecule has 0 spiro atoms. The summed E-state index contributed by atoms with van der Waals surface area (Å²) in [5.41, 5.74) is 6.87. The maximum absolute atomic E-state index is 12.3. The largest absolute Gasteiger partial charge is 0.395 e. The highest BCUT2D eigenvalue weighted by molar-refractivity contribution is 5.98. The number of nitrogens with two attached hydrogens (primary N) is 1. The Kier molecular flexibility index (Phi) is 4.32. The molecule has 0 aromatic carbocycles. The minimum Gasteiger partial charge on any atom is -0.395 e. The Morgan fingerprint density at radius 3 is 2.60 bits per heavy atom. The predicted molar refractivity (Wildman–Crippen MR) is 77.5 cm³/mol. The Morgan fingerprint density at radius 2 is 2.10 bits per heavy atom. The first-order valence-corrected chi connectivity index (χ1v) is 7.26. The average molecular weight is 280 g/mol. The lowest BCUT2D eigenvalue weighted by atomic mass is 9.82. The van der Waals surface area contributed by atoms with Gasteiger partial charge in [-0.05, 0) is 18.8 Å². The summed E-state index contributed by atoms with van der Waals surface area (Å²) < 4.78 is 0. The zero-order chi connectivity index (χ0) is 14.8. The van der Waals surface area contributed by atoms with Gasteiger partial charge in [-0.3, -0.25) is 9.89 Å². The molecule has 0 aliphatic heterocycles. The minimum atomic E-state index is -0.515. The number of nitrogen functional groups attached to an aromatic ring is 1. The van der Waals surface area contributed by atoms with Crippen LogP contribution in [0, 0.1) is 0 Å². The molecule has 112 valence electrons. The maximum atomic E-state index is 12.3. The van der Waals surface area contributed by atoms with Crippen molar-refractivity contribution in [2.45, 2.75) is 57.4 Å². The second-order valence-corrected chi connectivity index (χ2v) is 6.01. The molecule has 1 aliphatic carbocycles. The van der Waals surface area contributed by atoms with E-state index < -0.39 is 5.54 Å². The van der Waals surface area contributed by atoms with E-state index in [1.807, 2.05) is 13.8 Å². The van der Waals surface area contributed by atoms with Gasteiger partial charge in [0.1, 0.15) is 0 Å². The van der Waals surface area contributed by atoms with Crippen molar-refractivity contribution in [2.24, 2.45) is 0 Å². The number of hydrogen-bond donors (Lipinski definition) is 4. The topological polar surface area (TPSA) is 104 Å². The number of aromatic amines is 1. The Labute approximate surface area is 119 Å². The maximum Gasteiger partial charge on any atom is 0.274 e. The number of aliphatic hydroxyl groups is 1. The van der Waals surface area contributed by atoms with Gasteiger partial charge in [-0.25, -0.2) is 0 Å². The third-order valence-electron chi connectivity index (χ3n) is 4.12. The number of carbonyl (C=O) groups is 1. The summed E-state index contributed by atoms with van der Waals surface area (Å²) in [6.45, 7) is 3.93. The van der Waals surface area contributed by atoms with Crippen LogP contribution in [0.4, 0.5) is 5.69 Å². The molecule has 5 N–H and O–H groups in total. The molecule has 20 heavy (non-hydrogen) atoms. The molecule has 0 unspecified atom stereocenters. The summed E-state index contributed by atoms with van der Waals surface area (Å²) in [5.74, 6) is -0.118. The van der Waals surface area contributed by atoms with Gasteiger partial charge in [0.2, 0.25) is 0 Å². The molecule has 6 nitrogen and oxygen atoms in total. The summed E-state index contributed by atoms with van der Waals surface area (Å²) in [6.07, 6.45) is 4.80. The molecule has 0 saturated heterocycles. The SMILES string of the molecule is CC(C)c1[nH]nc(C(=O)NC2(CO)CCCCC2)c1N. The fourth-order valence-electron chi connectivity index (χ4n) is 2.83. The predicted octanol–water partition coefficient (Wildman–Crippen LogP) is 1.54. The number of aromatic nitrogens is 2. The molecule has 1 aliphatic rings. The van der Waals surface area contributed by atoms with E-state index in [9.17, 15) is 9.90 Å². The second kappa shape index (κ2) is 5.83. The lowest BCUT2D eigenvalue weighted by molar-refractivity contribution is 0.0754. The number of amides is 1. The van der Waals surface area contributed by atoms with Gasteiger partial charge in [-0.2, -0.15) is 5.10 Å². The molecule has 0 atom stereocenters. The van der Waals surface area contributed by atoms with Crippen molar-refractivity contribution < 1.29 is 9.90 Å². The van der Waals surface area contributed by atoms with Crippen LogP contribution in [0.5, 0.6) is 0 Å². The molecular weight excluding hydrogens is 256 g/mol. The average Bonchev–Trinajstić information content (AvgIpc) is 2.82. The van der Waals surface area contributed by atoms with Gasteiger partial charge in [-0.15, -0.1) is 0 Å². The second-order valence-electron chi connectivity index (χ2n) is 6.01. The van der Waals surface area contributed by atoms with E-state index in [2.05, 4.69) is 15.5 Å². The minimum absolute atomic E-state index is 0.0416. The number of nitrogens with zero attached hydrogens (tertiary/aromatic N) is 1. The Bertz CT molecular complexity index is 476. The van der Waals surface area contributed by atoms with Crippen LogP contribution in [0.25, 0.3) is 0 Å². The summed E-state index contributed by atoms with van der Waals surface area (Å²) in [7, 11) is 0. The standard InChI is InChI=1S/C14H24N4O2/c1-9(2)11-10(15)12(18-17-11)13(20)16-14(8-19)6-4-3-5-7-14/h9,19H,3-8,15H2,1-2H3,(H,16,20)(H,17,18). The van der Waals surface area contributed by atoms with Gasteiger partial charge in [-0.1, -0.05) is 33.1 Å². The van der Waals surface area contributed by atoms with E-state index in [0.717, 1.165) is 37.8 Å². The summed E-state index contributed by atoms with van der Waals surface area (Å²) in [4.78, 5) is 12.3. The van der Waals surface area contributed by atoms with Gasteiger partial charge in [0, 0.05) is 0 Å². The van der Waals surface area contributed by atoms with Crippen molar-refractivity contribution in [3.63, 3.8) is 0 Å². The highest BCUT2D eigenvalue weighted by Crippen LogP contribution is 2.29. The van der Waals surface area contributed by atoms with Crippen LogP contribution in [0.15, 0.2) is 0 Å². The van der Waals surface area contributed by atoms with Crippen LogP contribution < -0.4 is 11.1 Å². The molecule has 1 aromatic heterocycles. The smallest absolute Gasteiger partial charge is 0.274 e. The molecule has 2 rings (SSSR count). The van der Waals surface area contributed by atoms with E-state index in [1.165, 1.54) is 0 Å². The molecule has 1 amide bonds. The van der Waals surface area contributed by atoms with Crippen LogP contribution in [0.1, 0.15) is 68.1 Å². The van der Waals surface area contributed by atoms with Gasteiger partial charge in [0.15, 0.2) is 5.69 Å². The highest BCUT2D eigenvalue weighted by Gasteiger charge is 2.34. The number of rotatable bonds is 4. The fourth-order valence-corrected chi connectivity index (χ4v) is 2.83. The molecule has 1 aromatic rings. The molecule has 0 radical (unpaired) electrons. The van der Waals surface area contributed by atoms with Gasteiger partial charge in [0.05, 0.1) is 23.5 Å². The molecule has 0 bridgehead atoms. The van der Waals surface area contributed by atoms with Gasteiger partial charge < -0.3 is 16.2 Å². The number of nitrogens with one attached hydrogen (secondary N) is 2. The van der Waals surface area contributed by atoms with Gasteiger partial charge >= 0.3 is 0 Å². The quantitative estimate of drug-likeness (QED) is 0.671. The lowest BCUT2D eigenvalue weighted by Gasteiger charge is -2.36. The number of carbonyl (C=O) groups excluding carboxylic acids is 1. The number of anilines is 1. The van der Waals surface area contributed by atoms with Crippen molar-refractivity contribution in [2.75, 3.05) is 12.3 Å². The summed E-state index contributed by atoms with van der Waals surface area (Å²) in [5, 5.41) is 19.4. The third-order valence-corrected chi connectivity index (χ3v) is 4.12. The highest BCUT2D eigenvalue weighted by atomic mass is 16.3. The van der Waals surface area contributed by atoms with E-state index >= 15 is 0 Å². The Balaban J connectivity index is 2.15. The molecule has 1 saturated carbocycles. The van der Waals surface area contributed by atoms with E-state index in [4.69, 9.17) is 5.73 Å². The van der Waals surface area contributed by atoms with E-state index in [-0.39, 0.29) is 24.1 Å². The van der Waals surface area contributed by atoms with E-state index in [0.29, 0.717) is 5.69 Å². The Morgan fingerprint density at radius 1 is 1.45 bits per heavy atom. The zero-order valence-electron chi connectivity index (χ0n) is 12.2. The summed E-state index contributed by atoms with van der Waals surface area (Å²) >= 11 is 0. The van der Waals surface area contributed by atoms with Gasteiger partial charge in [0.25, 0.3) is 5.91 Å². The normalized spacial score (nSPS) is 18.2. The molecule has 1 heterocycles. The third kappa shape index (κ3) is 2.80. The van der Waals surface area contributed by atoms with Crippen molar-refractivity contribution in [1.29, 1.82) is 0 Å². The number of H-pyrrole nitrogens is 1. The van der Waals surface area contributed by atoms with Crippen LogP contribution >= 0.6 is 0 Å². The fraction of sp³-hybridized carbons (Fsp3) is 0.714.